The molecule has 2 rings (SSSR count). The fraction of sp³-hybridized carbons (Fsp3) is 0.667. The Morgan fingerprint density at radius 3 is 2.65 bits per heavy atom. The summed E-state index contributed by atoms with van der Waals surface area (Å²) >= 11 is 0. The molecule has 0 radical (unpaired) electrons. The van der Waals surface area contributed by atoms with E-state index in [0.717, 1.165) is 19.3 Å². The number of nitrogens with one attached hydrogen (secondary N) is 1. The first-order chi connectivity index (χ1) is 9.55. The molecule has 0 saturated heterocycles. The monoisotopic (exact) mass is 281 g/mol. The highest BCUT2D eigenvalue weighted by molar-refractivity contribution is 5.87. The van der Waals surface area contributed by atoms with Crippen LogP contribution < -0.4 is 11.1 Å². The molecule has 8 heteroatoms. The van der Waals surface area contributed by atoms with Crippen LogP contribution in [0.25, 0.3) is 0 Å². The van der Waals surface area contributed by atoms with Gasteiger partial charge in [0.15, 0.2) is 0 Å². The summed E-state index contributed by atoms with van der Waals surface area (Å²) in [6.07, 6.45) is 5.15. The summed E-state index contributed by atoms with van der Waals surface area (Å²) in [4.78, 5) is 23.4. The SMILES string of the molecule is NCc1cn(CC(=O)NC2(C(=O)O)CCCCC2)nn1. The van der Waals surface area contributed by atoms with Gasteiger partial charge in [0.05, 0.1) is 11.9 Å². The van der Waals surface area contributed by atoms with Crippen molar-refractivity contribution in [2.24, 2.45) is 5.73 Å². The summed E-state index contributed by atoms with van der Waals surface area (Å²) in [6.45, 7) is 0.197. The molecule has 110 valence electrons. The van der Waals surface area contributed by atoms with Crippen LogP contribution in [0.4, 0.5) is 0 Å². The molecule has 1 aliphatic rings. The fourth-order valence-corrected chi connectivity index (χ4v) is 2.51. The Morgan fingerprint density at radius 1 is 1.40 bits per heavy atom. The number of nitrogens with zero attached hydrogens (tertiary/aromatic N) is 3. The van der Waals surface area contributed by atoms with Crippen LogP contribution in [0, 0.1) is 0 Å². The molecule has 0 bridgehead atoms. The Bertz CT molecular complexity index is 493. The van der Waals surface area contributed by atoms with E-state index >= 15 is 0 Å². The molecule has 0 aliphatic heterocycles. The first-order valence-corrected chi connectivity index (χ1v) is 6.69. The summed E-state index contributed by atoms with van der Waals surface area (Å²) in [6, 6.07) is 0. The second-order valence-corrected chi connectivity index (χ2v) is 5.11. The van der Waals surface area contributed by atoms with Gasteiger partial charge in [-0.15, -0.1) is 5.10 Å². The molecule has 1 fully saturated rings. The molecule has 1 aromatic rings. The summed E-state index contributed by atoms with van der Waals surface area (Å²) in [5.74, 6) is -1.34. The lowest BCUT2D eigenvalue weighted by Gasteiger charge is -2.33. The highest BCUT2D eigenvalue weighted by atomic mass is 16.4. The van der Waals surface area contributed by atoms with Gasteiger partial charge in [0, 0.05) is 6.54 Å². The summed E-state index contributed by atoms with van der Waals surface area (Å²) < 4.78 is 1.36. The van der Waals surface area contributed by atoms with Crippen molar-refractivity contribution in [2.45, 2.75) is 50.7 Å². The normalized spacial score (nSPS) is 17.6. The highest BCUT2D eigenvalue weighted by Gasteiger charge is 2.40. The van der Waals surface area contributed by atoms with Crippen molar-refractivity contribution in [1.29, 1.82) is 0 Å². The highest BCUT2D eigenvalue weighted by Crippen LogP contribution is 2.28. The van der Waals surface area contributed by atoms with E-state index in [-0.39, 0.29) is 19.0 Å². The van der Waals surface area contributed by atoms with Gasteiger partial charge in [-0.25, -0.2) is 9.48 Å². The van der Waals surface area contributed by atoms with Crippen LogP contribution in [0.2, 0.25) is 0 Å². The number of carboxylic acid groups (broad SMARTS) is 1. The van der Waals surface area contributed by atoms with Crippen molar-refractivity contribution in [3.8, 4) is 0 Å². The lowest BCUT2D eigenvalue weighted by molar-refractivity contribution is -0.149. The van der Waals surface area contributed by atoms with Crippen molar-refractivity contribution in [2.75, 3.05) is 0 Å². The predicted molar refractivity (Wildman–Crippen MR) is 69.5 cm³/mol. The van der Waals surface area contributed by atoms with Gasteiger partial charge in [0.25, 0.3) is 0 Å². The summed E-state index contributed by atoms with van der Waals surface area (Å²) in [5, 5.41) is 19.6. The maximum Gasteiger partial charge on any atom is 0.329 e. The van der Waals surface area contributed by atoms with Crippen LogP contribution >= 0.6 is 0 Å². The Hall–Kier alpha value is -1.96. The minimum atomic E-state index is -1.13. The number of hydrogen-bond donors (Lipinski definition) is 3. The maximum atomic E-state index is 12.0. The molecule has 1 saturated carbocycles. The Kier molecular flexibility index (Phi) is 4.33. The number of amides is 1. The lowest BCUT2D eigenvalue weighted by atomic mass is 9.81. The van der Waals surface area contributed by atoms with Crippen LogP contribution in [0.1, 0.15) is 37.8 Å². The average molecular weight is 281 g/mol. The number of aromatic nitrogens is 3. The second-order valence-electron chi connectivity index (χ2n) is 5.11. The molecule has 8 nitrogen and oxygen atoms in total. The van der Waals surface area contributed by atoms with Crippen molar-refractivity contribution < 1.29 is 14.7 Å². The summed E-state index contributed by atoms with van der Waals surface area (Å²) in [7, 11) is 0. The number of carbonyl (C=O) groups is 2. The Balaban J connectivity index is 1.99. The molecule has 0 spiro atoms. The van der Waals surface area contributed by atoms with E-state index in [4.69, 9.17) is 5.73 Å². The minimum Gasteiger partial charge on any atom is -0.480 e. The molecule has 0 atom stereocenters. The number of carbonyl (C=O) groups excluding carboxylic acids is 1. The third-order valence-corrected chi connectivity index (χ3v) is 3.60. The third kappa shape index (κ3) is 3.13. The predicted octanol–water partition coefficient (Wildman–Crippen LogP) is -0.360. The van der Waals surface area contributed by atoms with E-state index in [2.05, 4.69) is 15.6 Å². The first-order valence-electron chi connectivity index (χ1n) is 6.69. The van der Waals surface area contributed by atoms with Gasteiger partial charge in [0.1, 0.15) is 12.1 Å². The Labute approximate surface area is 116 Å². The molecular formula is C12H19N5O3. The molecule has 1 heterocycles. The van der Waals surface area contributed by atoms with Crippen LogP contribution in [-0.4, -0.2) is 37.5 Å². The standard InChI is InChI=1S/C12H19N5O3/c13-6-9-7-17(16-15-9)8-10(18)14-12(11(19)20)4-2-1-3-5-12/h7H,1-6,8,13H2,(H,14,18)(H,19,20). The molecule has 4 N–H and O–H groups in total. The van der Waals surface area contributed by atoms with Gasteiger partial charge >= 0.3 is 5.97 Å². The number of aliphatic carboxylic acids is 1. The van der Waals surface area contributed by atoms with Crippen LogP contribution in [0.5, 0.6) is 0 Å². The molecule has 0 unspecified atom stereocenters. The maximum absolute atomic E-state index is 12.0. The van der Waals surface area contributed by atoms with Gasteiger partial charge in [-0.2, -0.15) is 0 Å². The van der Waals surface area contributed by atoms with Gasteiger partial charge in [-0.1, -0.05) is 24.5 Å². The summed E-state index contributed by atoms with van der Waals surface area (Å²) in [5.41, 5.74) is 4.86. The van der Waals surface area contributed by atoms with E-state index in [1.165, 1.54) is 4.68 Å². The number of rotatable bonds is 5. The number of carboxylic acids is 1. The van der Waals surface area contributed by atoms with Gasteiger partial charge in [0.2, 0.25) is 5.91 Å². The van der Waals surface area contributed by atoms with Crippen molar-refractivity contribution in [3.63, 3.8) is 0 Å². The van der Waals surface area contributed by atoms with E-state index in [0.29, 0.717) is 18.5 Å². The van der Waals surface area contributed by atoms with E-state index in [9.17, 15) is 14.7 Å². The zero-order chi connectivity index (χ0) is 14.6. The van der Waals surface area contributed by atoms with Gasteiger partial charge in [-0.3, -0.25) is 4.79 Å². The second kappa shape index (κ2) is 6.00. The zero-order valence-electron chi connectivity index (χ0n) is 11.2. The minimum absolute atomic E-state index is 0.0535. The smallest absolute Gasteiger partial charge is 0.329 e. The fourth-order valence-electron chi connectivity index (χ4n) is 2.51. The quantitative estimate of drug-likeness (QED) is 0.677. The molecule has 1 aromatic heterocycles. The topological polar surface area (TPSA) is 123 Å². The van der Waals surface area contributed by atoms with Gasteiger partial charge in [-0.05, 0) is 12.8 Å². The number of nitrogens with two attached hydrogens (primary N) is 1. The van der Waals surface area contributed by atoms with E-state index in [1.807, 2.05) is 0 Å². The zero-order valence-corrected chi connectivity index (χ0v) is 11.2. The molecular weight excluding hydrogens is 262 g/mol. The molecule has 1 aliphatic carbocycles. The molecule has 0 aromatic carbocycles. The number of hydrogen-bond acceptors (Lipinski definition) is 5. The van der Waals surface area contributed by atoms with E-state index in [1.54, 1.807) is 6.20 Å². The lowest BCUT2D eigenvalue weighted by Crippen LogP contribution is -2.56. The van der Waals surface area contributed by atoms with Crippen LogP contribution in [0.3, 0.4) is 0 Å². The van der Waals surface area contributed by atoms with Crippen LogP contribution in [-0.2, 0) is 22.7 Å². The van der Waals surface area contributed by atoms with Crippen molar-refractivity contribution in [3.05, 3.63) is 11.9 Å². The van der Waals surface area contributed by atoms with Crippen molar-refractivity contribution >= 4 is 11.9 Å². The van der Waals surface area contributed by atoms with Crippen LogP contribution in [0.15, 0.2) is 6.20 Å². The molecule has 20 heavy (non-hydrogen) atoms. The Morgan fingerprint density at radius 2 is 2.10 bits per heavy atom. The largest absolute Gasteiger partial charge is 0.480 e. The van der Waals surface area contributed by atoms with Gasteiger partial charge < -0.3 is 16.2 Å². The average Bonchev–Trinajstić information content (AvgIpc) is 2.87. The van der Waals surface area contributed by atoms with E-state index < -0.39 is 11.5 Å². The third-order valence-electron chi connectivity index (χ3n) is 3.60. The first kappa shape index (κ1) is 14.4. The molecule has 1 amide bonds. The van der Waals surface area contributed by atoms with Crippen molar-refractivity contribution in [1.82, 2.24) is 20.3 Å².